The van der Waals surface area contributed by atoms with Crippen molar-refractivity contribution in [3.05, 3.63) is 146 Å². The first-order valence-electron chi connectivity index (χ1n) is 17.2. The lowest BCUT2D eigenvalue weighted by Gasteiger charge is -2.26. The van der Waals surface area contributed by atoms with Crippen LogP contribution < -0.4 is 5.73 Å². The fourth-order valence-corrected chi connectivity index (χ4v) is 5.85. The van der Waals surface area contributed by atoms with Crippen molar-refractivity contribution in [3.63, 3.8) is 0 Å². The van der Waals surface area contributed by atoms with Crippen LogP contribution in [0.2, 0.25) is 0 Å². The number of ether oxygens (including phenoxy) is 1. The van der Waals surface area contributed by atoms with E-state index in [-0.39, 0.29) is 44.6 Å². The first-order valence-corrected chi connectivity index (χ1v) is 19.9. The number of nitrogens with two attached hydrogens (primary N) is 1. The molecule has 0 saturated heterocycles. The molecule has 1 heterocycles. The molecule has 1 aromatic heterocycles. The van der Waals surface area contributed by atoms with Crippen molar-refractivity contribution in [1.29, 1.82) is 0 Å². The number of carbonyl (C=O) groups is 2. The fraction of sp³-hybridized carbons (Fsp3) is 0.295. The van der Waals surface area contributed by atoms with Crippen molar-refractivity contribution in [1.82, 2.24) is 9.55 Å². The van der Waals surface area contributed by atoms with Gasteiger partial charge in [-0.25, -0.2) is 23.6 Å². The van der Waals surface area contributed by atoms with Gasteiger partial charge in [-0.2, -0.15) is 9.59 Å². The number of ketones is 1. The Morgan fingerprint density at radius 3 is 1.72 bits per heavy atom. The van der Waals surface area contributed by atoms with Crippen LogP contribution in [0.25, 0.3) is 5.69 Å². The number of rotatable bonds is 10. The van der Waals surface area contributed by atoms with Crippen LogP contribution in [-0.4, -0.2) is 45.2 Å². The molecule has 5 rings (SSSR count). The molecule has 0 fully saturated rings. The van der Waals surface area contributed by atoms with Gasteiger partial charge in [0.05, 0.1) is 28.7 Å². The number of amidine groups is 1. The molecule has 0 spiro atoms. The van der Waals surface area contributed by atoms with Gasteiger partial charge in [0.1, 0.15) is 23.3 Å². The van der Waals surface area contributed by atoms with Crippen molar-refractivity contribution in [2.75, 3.05) is 11.9 Å². The maximum absolute atomic E-state index is 14.4. The summed E-state index contributed by atoms with van der Waals surface area (Å²) in [5.41, 5.74) is 8.83. The molecule has 2 N–H and O–H groups in total. The van der Waals surface area contributed by atoms with Crippen LogP contribution in [0.5, 0.6) is 0 Å². The molecule has 0 aliphatic heterocycles. The Balaban J connectivity index is 0.000000865. The van der Waals surface area contributed by atoms with Crippen LogP contribution in [0, 0.1) is 11.6 Å². The number of nitrogens with zero attached hydrogens (tertiary/aromatic N) is 3. The third-order valence-corrected chi connectivity index (χ3v) is 9.78. The van der Waals surface area contributed by atoms with Crippen molar-refractivity contribution >= 4 is 77.2 Å². The SMILES string of the molecule is C.C.CC(C)(C(N)=Nc1ccc(Br)cc1)c1ccccc1F.CCOC(=O)C(=O)CBr.CCc1cn(-c2ccc(Br)cc2)c(C(C)(C)c2ccccc2F)n1.O=C=O. The number of esters is 1. The number of carbonyl (C=O) groups excluding carboxylic acids is 4. The molecule has 312 valence electrons. The van der Waals surface area contributed by atoms with Crippen molar-refractivity contribution in [2.45, 2.75) is 73.6 Å². The molecular formula is C44H51Br3F2N4O5. The summed E-state index contributed by atoms with van der Waals surface area (Å²) >= 11 is 9.67. The van der Waals surface area contributed by atoms with Crippen molar-refractivity contribution in [3.8, 4) is 5.69 Å². The number of imidazole rings is 1. The highest BCUT2D eigenvalue weighted by atomic mass is 79.9. The monoisotopic (exact) mass is 990 g/mol. The molecular weight excluding hydrogens is 942 g/mol. The summed E-state index contributed by atoms with van der Waals surface area (Å²) in [6.45, 7) is 11.7. The maximum atomic E-state index is 14.4. The average molecular weight is 994 g/mol. The summed E-state index contributed by atoms with van der Waals surface area (Å²) in [6, 6.07) is 29.1. The topological polar surface area (TPSA) is 134 Å². The zero-order chi connectivity index (χ0) is 42.1. The lowest BCUT2D eigenvalue weighted by atomic mass is 9.83. The molecule has 5 aromatic rings. The van der Waals surface area contributed by atoms with Gasteiger partial charge in [-0.3, -0.25) is 4.79 Å². The fourth-order valence-electron chi connectivity index (χ4n) is 5.09. The largest absolute Gasteiger partial charge is 0.460 e. The van der Waals surface area contributed by atoms with Crippen LogP contribution in [0.15, 0.2) is 117 Å². The molecule has 0 atom stereocenters. The van der Waals surface area contributed by atoms with Gasteiger partial charge in [-0.1, -0.05) is 106 Å². The summed E-state index contributed by atoms with van der Waals surface area (Å²) in [5.74, 6) is -0.569. The second-order valence-electron chi connectivity index (χ2n) is 12.8. The number of aliphatic imine (C=N–C) groups is 1. The van der Waals surface area contributed by atoms with E-state index in [1.165, 1.54) is 12.1 Å². The number of benzene rings is 4. The first-order chi connectivity index (χ1) is 26.5. The Labute approximate surface area is 365 Å². The van der Waals surface area contributed by atoms with Crippen LogP contribution in [0.4, 0.5) is 14.5 Å². The maximum Gasteiger partial charge on any atom is 0.375 e. The summed E-state index contributed by atoms with van der Waals surface area (Å²) in [7, 11) is 0. The molecule has 0 bridgehead atoms. The number of aryl methyl sites for hydroxylation is 1. The number of alkyl halides is 1. The van der Waals surface area contributed by atoms with E-state index >= 15 is 0 Å². The number of hydrogen-bond donors (Lipinski definition) is 1. The minimum absolute atomic E-state index is 0. The van der Waals surface area contributed by atoms with Gasteiger partial charge in [0, 0.05) is 37.4 Å². The second-order valence-corrected chi connectivity index (χ2v) is 15.2. The molecule has 0 unspecified atom stereocenters. The zero-order valence-corrected chi connectivity index (χ0v) is 36.5. The number of aromatic nitrogens is 2. The zero-order valence-electron chi connectivity index (χ0n) is 31.8. The quantitative estimate of drug-likeness (QED) is 0.0484. The van der Waals surface area contributed by atoms with Gasteiger partial charge in [0.2, 0.25) is 5.78 Å². The van der Waals surface area contributed by atoms with Crippen LogP contribution in [-0.2, 0) is 41.2 Å². The predicted octanol–water partition coefficient (Wildman–Crippen LogP) is 11.4. The molecule has 0 amide bonds. The van der Waals surface area contributed by atoms with Gasteiger partial charge in [0.15, 0.2) is 0 Å². The Morgan fingerprint density at radius 1 is 0.810 bits per heavy atom. The lowest BCUT2D eigenvalue weighted by molar-refractivity contribution is -0.191. The van der Waals surface area contributed by atoms with Gasteiger partial charge in [-0.05, 0) is 102 Å². The molecule has 0 aliphatic rings. The van der Waals surface area contributed by atoms with Crippen LogP contribution in [0.1, 0.15) is 79.0 Å². The Morgan fingerprint density at radius 2 is 1.28 bits per heavy atom. The summed E-state index contributed by atoms with van der Waals surface area (Å²) < 4.78 is 36.8. The molecule has 4 aromatic carbocycles. The van der Waals surface area contributed by atoms with E-state index in [9.17, 15) is 18.4 Å². The molecule has 0 saturated carbocycles. The standard InChI is InChI=1S/C20H20BrFN2.C16H16BrFN2.C5H7BrO3.CO2.2CH4/c1-4-15-13-24(16-11-9-14(21)10-12-16)19(23-15)20(2,3)17-7-5-6-8-18(17)22;1-16(2,13-5-3-4-6-14(13)18)15(19)20-12-9-7-11(17)8-10-12;1-2-9-5(8)4(7)3-6;2-1-3;;/h5-13H,4H2,1-3H3;3-10H,1-2H3,(H2,19,20);2-3H2,1H3;;2*1H4. The van der Waals surface area contributed by atoms with E-state index in [0.717, 1.165) is 38.3 Å². The van der Waals surface area contributed by atoms with E-state index in [4.69, 9.17) is 20.3 Å². The number of hydrogen-bond acceptors (Lipinski definition) is 7. The van der Waals surface area contributed by atoms with Crippen molar-refractivity contribution < 1.29 is 32.7 Å². The highest BCUT2D eigenvalue weighted by molar-refractivity contribution is 9.10. The highest BCUT2D eigenvalue weighted by Crippen LogP contribution is 2.34. The predicted molar refractivity (Wildman–Crippen MR) is 238 cm³/mol. The summed E-state index contributed by atoms with van der Waals surface area (Å²) in [4.78, 5) is 46.2. The van der Waals surface area contributed by atoms with Crippen LogP contribution in [0.3, 0.4) is 0 Å². The third kappa shape index (κ3) is 15.3. The minimum atomic E-state index is -0.769. The molecule has 14 heteroatoms. The highest BCUT2D eigenvalue weighted by Gasteiger charge is 2.32. The summed E-state index contributed by atoms with van der Waals surface area (Å²) in [5, 5.41) is 0.0336. The van der Waals surface area contributed by atoms with E-state index in [2.05, 4.69) is 69.0 Å². The van der Waals surface area contributed by atoms with E-state index in [0.29, 0.717) is 17.0 Å². The van der Waals surface area contributed by atoms with Crippen molar-refractivity contribution in [2.24, 2.45) is 10.7 Å². The van der Waals surface area contributed by atoms with Gasteiger partial charge >= 0.3 is 12.1 Å². The molecule has 9 nitrogen and oxygen atoms in total. The number of Topliss-reactive ketones (excluding diaryl/α,β-unsaturated/α-hetero) is 1. The molecule has 0 radical (unpaired) electrons. The van der Waals surface area contributed by atoms with Gasteiger partial charge in [-0.15, -0.1) is 0 Å². The first kappa shape index (κ1) is 53.4. The lowest BCUT2D eigenvalue weighted by Crippen LogP contribution is -2.36. The normalized spacial score (nSPS) is 10.6. The second kappa shape index (κ2) is 25.7. The molecule has 0 aliphatic carbocycles. The van der Waals surface area contributed by atoms with Crippen LogP contribution >= 0.6 is 47.8 Å². The molecule has 58 heavy (non-hydrogen) atoms. The van der Waals surface area contributed by atoms with Gasteiger partial charge in [0.25, 0.3) is 0 Å². The minimum Gasteiger partial charge on any atom is -0.460 e. The van der Waals surface area contributed by atoms with E-state index in [1.807, 2.05) is 94.6 Å². The Bertz CT molecular complexity index is 2110. The third-order valence-electron chi connectivity index (χ3n) is 8.22. The van der Waals surface area contributed by atoms with E-state index in [1.54, 1.807) is 31.2 Å². The Hall–Kier alpha value is -4.62. The van der Waals surface area contributed by atoms with Gasteiger partial charge < -0.3 is 15.0 Å². The van der Waals surface area contributed by atoms with E-state index < -0.39 is 22.6 Å². The summed E-state index contributed by atoms with van der Waals surface area (Å²) in [6.07, 6.45) is 3.13. The smallest absolute Gasteiger partial charge is 0.375 e. The Kier molecular flexibility index (Phi) is 23.6. The number of halogens is 5. The average Bonchev–Trinajstić information content (AvgIpc) is 3.63.